The summed E-state index contributed by atoms with van der Waals surface area (Å²) in [6, 6.07) is 0. The first-order valence-corrected chi connectivity index (χ1v) is 49.1. The molecule has 19 heteroatoms. The molecule has 0 aromatic rings. The minimum absolute atomic E-state index is 0.109. The monoisotopic (exact) mass is 1580 g/mol. The number of esters is 4. The Bertz CT molecular complexity index is 2050. The van der Waals surface area contributed by atoms with Crippen LogP contribution in [0.2, 0.25) is 0 Å². The third-order valence-electron chi connectivity index (χ3n) is 21.0. The maximum absolute atomic E-state index is 13.2. The number of aliphatic hydroxyl groups excluding tert-OH is 1. The van der Waals surface area contributed by atoms with Crippen LogP contribution in [-0.2, 0) is 65.4 Å². The van der Waals surface area contributed by atoms with Gasteiger partial charge in [-0.2, -0.15) is 0 Å². The summed E-state index contributed by atoms with van der Waals surface area (Å²) >= 11 is 0. The van der Waals surface area contributed by atoms with E-state index in [0.29, 0.717) is 25.7 Å². The van der Waals surface area contributed by atoms with Crippen LogP contribution in [0.25, 0.3) is 0 Å². The topological polar surface area (TPSA) is 237 Å². The summed E-state index contributed by atoms with van der Waals surface area (Å²) in [7, 11) is -9.93. The first kappa shape index (κ1) is 106. The van der Waals surface area contributed by atoms with Crippen LogP contribution in [0.3, 0.4) is 0 Å². The Morgan fingerprint density at radius 3 is 0.630 bits per heavy atom. The highest BCUT2D eigenvalue weighted by Crippen LogP contribution is 2.45. The highest BCUT2D eigenvalue weighted by atomic mass is 31.2. The number of carbonyl (C=O) groups excluding carboxylic acids is 4. The molecule has 0 saturated carbocycles. The highest BCUT2D eigenvalue weighted by Gasteiger charge is 2.30. The van der Waals surface area contributed by atoms with Gasteiger partial charge in [0.1, 0.15) is 19.3 Å². The fourth-order valence-corrected chi connectivity index (χ4v) is 15.6. The van der Waals surface area contributed by atoms with Crippen LogP contribution in [0.5, 0.6) is 0 Å². The Balaban J connectivity index is 5.25. The Hall–Kier alpha value is -1.94. The van der Waals surface area contributed by atoms with Gasteiger partial charge in [0.25, 0.3) is 0 Å². The number of ether oxygens (including phenoxy) is 4. The molecule has 0 rings (SSSR count). The lowest BCUT2D eigenvalue weighted by Crippen LogP contribution is -2.30. The minimum atomic E-state index is -4.97. The number of rotatable bonds is 89. The van der Waals surface area contributed by atoms with E-state index in [1.807, 2.05) is 0 Å². The number of phosphoric acid groups is 2. The average molecular weight is 1580 g/mol. The number of unbranched alkanes of at least 4 members (excludes halogenated alkanes) is 61. The quantitative estimate of drug-likeness (QED) is 0.0222. The molecule has 0 saturated heterocycles. The molecule has 0 aliphatic carbocycles. The first-order chi connectivity index (χ1) is 52.5. The zero-order valence-corrected chi connectivity index (χ0v) is 72.8. The molecule has 642 valence electrons. The molecule has 0 fully saturated rings. The summed E-state index contributed by atoms with van der Waals surface area (Å²) < 4.78 is 69.0. The normalized spacial score (nSPS) is 13.7. The van der Waals surface area contributed by atoms with E-state index in [-0.39, 0.29) is 25.7 Å². The van der Waals surface area contributed by atoms with Crippen molar-refractivity contribution in [3.05, 3.63) is 0 Å². The van der Waals surface area contributed by atoms with Crippen molar-refractivity contribution in [2.45, 2.75) is 502 Å². The van der Waals surface area contributed by atoms with E-state index < -0.39 is 97.5 Å². The van der Waals surface area contributed by atoms with Gasteiger partial charge in [-0.3, -0.25) is 37.3 Å². The molecule has 0 heterocycles. The molecule has 0 bridgehead atoms. The van der Waals surface area contributed by atoms with Gasteiger partial charge in [-0.05, 0) is 31.6 Å². The van der Waals surface area contributed by atoms with Crippen LogP contribution < -0.4 is 0 Å². The average Bonchev–Trinajstić information content (AvgIpc) is 0.899. The van der Waals surface area contributed by atoms with Gasteiger partial charge in [-0.1, -0.05) is 433 Å². The number of carbonyl (C=O) groups is 4. The number of aliphatic hydroxyl groups is 1. The lowest BCUT2D eigenvalue weighted by atomic mass is 10.0. The Kier molecular flexibility index (Phi) is 80.2. The zero-order valence-electron chi connectivity index (χ0n) is 71.0. The summed E-state index contributed by atoms with van der Waals surface area (Å²) in [5, 5.41) is 10.7. The summed E-state index contributed by atoms with van der Waals surface area (Å²) in [4.78, 5) is 73.4. The molecule has 2 unspecified atom stereocenters. The second kappa shape index (κ2) is 81.6. The van der Waals surface area contributed by atoms with Crippen LogP contribution in [-0.4, -0.2) is 96.7 Å². The Morgan fingerprint density at radius 1 is 0.250 bits per heavy atom. The smallest absolute Gasteiger partial charge is 0.462 e. The number of hydrogen-bond acceptors (Lipinski definition) is 15. The van der Waals surface area contributed by atoms with E-state index in [1.165, 1.54) is 308 Å². The Morgan fingerprint density at radius 2 is 0.426 bits per heavy atom. The summed E-state index contributed by atoms with van der Waals surface area (Å²) in [6.07, 6.45) is 76.3. The standard InChI is InChI=1S/C89H174O17P2/c1-6-9-12-15-18-21-24-27-29-31-32-33-34-36-40-45-50-55-60-65-70-75-89(94)106-85(79-100-87(92)73-68-63-58-53-48-43-41-37-38-42-46-51-56-61-66-71-82(4)5)81-104-108(97,98)102-77-83(90)76-101-107(95,96)103-80-84(78-99-86(91)72-67-62-57-52-47-26-23-20-17-14-11-8-3)105-88(93)74-69-64-59-54-49-44-39-35-30-28-25-22-19-16-13-10-7-2/h82-85,90H,6-81H2,1-5H3,(H,95,96)(H,97,98)/t83-,84+,85+/m0/s1. The van der Waals surface area contributed by atoms with Crippen molar-refractivity contribution in [2.75, 3.05) is 39.6 Å². The van der Waals surface area contributed by atoms with Gasteiger partial charge in [-0.25, -0.2) is 9.13 Å². The molecule has 108 heavy (non-hydrogen) atoms. The van der Waals surface area contributed by atoms with E-state index >= 15 is 0 Å². The Labute approximate surface area is 664 Å². The van der Waals surface area contributed by atoms with Gasteiger partial charge in [0.05, 0.1) is 26.4 Å². The summed E-state index contributed by atoms with van der Waals surface area (Å²) in [5.41, 5.74) is 0. The molecule has 5 atom stereocenters. The van der Waals surface area contributed by atoms with E-state index in [2.05, 4.69) is 34.6 Å². The lowest BCUT2D eigenvalue weighted by Gasteiger charge is -2.21. The van der Waals surface area contributed by atoms with Crippen molar-refractivity contribution in [3.8, 4) is 0 Å². The molecule has 0 aromatic carbocycles. The lowest BCUT2D eigenvalue weighted by molar-refractivity contribution is -0.161. The second-order valence-electron chi connectivity index (χ2n) is 32.5. The van der Waals surface area contributed by atoms with Crippen molar-refractivity contribution < 1.29 is 80.2 Å². The van der Waals surface area contributed by atoms with Crippen LogP contribution in [0, 0.1) is 5.92 Å². The van der Waals surface area contributed by atoms with E-state index in [4.69, 9.17) is 37.0 Å². The molecule has 3 N–H and O–H groups in total. The van der Waals surface area contributed by atoms with Gasteiger partial charge >= 0.3 is 39.5 Å². The summed E-state index contributed by atoms with van der Waals surface area (Å²) in [6.45, 7) is 7.42. The third kappa shape index (κ3) is 82.1. The van der Waals surface area contributed by atoms with Crippen LogP contribution in [0.1, 0.15) is 484 Å². The molecule has 0 amide bonds. The third-order valence-corrected chi connectivity index (χ3v) is 22.9. The van der Waals surface area contributed by atoms with Crippen molar-refractivity contribution in [3.63, 3.8) is 0 Å². The maximum atomic E-state index is 13.2. The van der Waals surface area contributed by atoms with Gasteiger partial charge in [0, 0.05) is 25.7 Å². The van der Waals surface area contributed by atoms with Gasteiger partial charge in [-0.15, -0.1) is 0 Å². The van der Waals surface area contributed by atoms with Gasteiger partial charge in [0.15, 0.2) is 12.2 Å². The second-order valence-corrected chi connectivity index (χ2v) is 35.4. The van der Waals surface area contributed by atoms with Crippen LogP contribution in [0.4, 0.5) is 0 Å². The van der Waals surface area contributed by atoms with Crippen molar-refractivity contribution in [1.82, 2.24) is 0 Å². The molecule has 0 spiro atoms. The molecule has 17 nitrogen and oxygen atoms in total. The zero-order chi connectivity index (χ0) is 79.0. The van der Waals surface area contributed by atoms with Crippen molar-refractivity contribution in [2.24, 2.45) is 5.92 Å². The largest absolute Gasteiger partial charge is 0.472 e. The molecule has 0 aliphatic heterocycles. The van der Waals surface area contributed by atoms with Crippen LogP contribution >= 0.6 is 15.6 Å². The summed E-state index contributed by atoms with van der Waals surface area (Å²) in [5.74, 6) is -1.29. The van der Waals surface area contributed by atoms with Crippen molar-refractivity contribution >= 4 is 39.5 Å². The molecular formula is C89H174O17P2. The fourth-order valence-electron chi connectivity index (χ4n) is 14.0. The predicted molar refractivity (Wildman–Crippen MR) is 446 cm³/mol. The SMILES string of the molecule is CCCCCCCCCCCCCCCCCCCCCCCC(=O)O[C@H](COC(=O)CCCCCCCCCCCCCCCCCC(C)C)COP(=O)(O)OC[C@@H](O)COP(=O)(O)OC[C@@H](COC(=O)CCCCCCCCCCCCCC)OC(=O)CCCCCCCCCCCCCCCCCCC. The van der Waals surface area contributed by atoms with E-state index in [0.717, 1.165) is 95.8 Å². The highest BCUT2D eigenvalue weighted by molar-refractivity contribution is 7.47. The van der Waals surface area contributed by atoms with Crippen molar-refractivity contribution in [1.29, 1.82) is 0 Å². The van der Waals surface area contributed by atoms with Gasteiger partial charge < -0.3 is 33.8 Å². The predicted octanol–water partition coefficient (Wildman–Crippen LogP) is 27.5. The number of hydrogen-bond donors (Lipinski definition) is 3. The van der Waals surface area contributed by atoms with Gasteiger partial charge in [0.2, 0.25) is 0 Å². The van der Waals surface area contributed by atoms with E-state index in [1.54, 1.807) is 0 Å². The van der Waals surface area contributed by atoms with E-state index in [9.17, 15) is 43.2 Å². The fraction of sp³-hybridized carbons (Fsp3) is 0.955. The van der Waals surface area contributed by atoms with Crippen LogP contribution in [0.15, 0.2) is 0 Å². The first-order valence-electron chi connectivity index (χ1n) is 46.1. The molecule has 0 aromatic heterocycles. The molecule has 0 radical (unpaired) electrons. The minimum Gasteiger partial charge on any atom is -0.462 e. The molecule has 0 aliphatic rings. The maximum Gasteiger partial charge on any atom is 0.472 e. The number of phosphoric ester groups is 2. The molecular weight excluding hydrogens is 1400 g/mol.